The number of hydrogen-bond acceptors (Lipinski definition) is 8. The Labute approximate surface area is 293 Å². The van der Waals surface area contributed by atoms with Crippen molar-refractivity contribution in [3.63, 3.8) is 0 Å². The molecule has 2 aliphatic heterocycles. The molecule has 2 aromatic heterocycles. The van der Waals surface area contributed by atoms with Crippen LogP contribution in [0.2, 0.25) is 0 Å². The van der Waals surface area contributed by atoms with Gasteiger partial charge in [-0.3, -0.25) is 0 Å². The second kappa shape index (κ2) is 12.7. The fourth-order valence-corrected chi connectivity index (χ4v) is 9.72. The molecule has 0 amide bonds. The summed E-state index contributed by atoms with van der Waals surface area (Å²) < 4.78 is 38.4. The van der Waals surface area contributed by atoms with Crippen molar-refractivity contribution < 1.29 is 37.3 Å². The molecule has 2 N–H and O–H groups in total. The van der Waals surface area contributed by atoms with Crippen LogP contribution in [-0.2, 0) is 20.9 Å². The third kappa shape index (κ3) is 6.16. The average Bonchev–Trinajstić information content (AvgIpc) is 3.74. The van der Waals surface area contributed by atoms with Gasteiger partial charge in [0.1, 0.15) is 16.3 Å². The molecule has 12 heteroatoms. The van der Waals surface area contributed by atoms with E-state index in [1.807, 2.05) is 47.4 Å². The molecule has 4 heterocycles. The van der Waals surface area contributed by atoms with E-state index in [1.54, 1.807) is 12.1 Å². The van der Waals surface area contributed by atoms with Gasteiger partial charge in [-0.2, -0.15) is 4.58 Å². The quantitative estimate of drug-likeness (QED) is 0.0904. The standard InChI is InChI=1S/C37H38N2O7S3/c1-6-17-38-24-13-15-26-22(20-28(47-26)34(40)41)32(24)36(2,3)30(38)11-8-7-9-12-31-37(4,5)33-23-21-29(35(42)43)48-27(23)16-14-25(33)39(31)18-10-19-49(44,45)46/h7-9,11-16,20-21H,6,10,17-19H2,1-5H3,(H2-,40,41,42,43,44,45,46). The van der Waals surface area contributed by atoms with Gasteiger partial charge in [0.2, 0.25) is 5.69 Å². The predicted octanol–water partition coefficient (Wildman–Crippen LogP) is 8.03. The zero-order chi connectivity index (χ0) is 35.5. The van der Waals surface area contributed by atoms with Crippen LogP contribution >= 0.6 is 22.7 Å². The summed E-state index contributed by atoms with van der Waals surface area (Å²) in [6, 6.07) is 11.4. The molecule has 0 spiro atoms. The Bertz CT molecular complexity index is 2270. The number of carboxylic acid groups (broad SMARTS) is 2. The second-order valence-electron chi connectivity index (χ2n) is 13.4. The van der Waals surface area contributed by atoms with Gasteiger partial charge in [0, 0.05) is 68.0 Å². The SMILES string of the molecule is CCC[N+]1=C(/C=C/C=C/C=C2/N(CCCS(=O)(=O)[O-])c3ccc4sc(C(=O)O)cc4c3C2(C)C)C(C)(C)c2c1ccc1sc(C(=O)O)cc21. The van der Waals surface area contributed by atoms with E-state index >= 15 is 0 Å². The number of nitrogens with zero attached hydrogens (tertiary/aromatic N) is 2. The van der Waals surface area contributed by atoms with E-state index in [1.165, 1.54) is 22.7 Å². The van der Waals surface area contributed by atoms with Gasteiger partial charge in [-0.25, -0.2) is 18.0 Å². The van der Waals surface area contributed by atoms with Crippen molar-refractivity contribution in [2.45, 2.75) is 58.3 Å². The molecule has 9 nitrogen and oxygen atoms in total. The highest BCUT2D eigenvalue weighted by Gasteiger charge is 2.46. The molecule has 2 aromatic carbocycles. The van der Waals surface area contributed by atoms with Crippen LogP contribution in [0.15, 0.2) is 72.5 Å². The molecule has 49 heavy (non-hydrogen) atoms. The molecular formula is C37H38N2O7S3. The van der Waals surface area contributed by atoms with E-state index in [2.05, 4.69) is 51.3 Å². The van der Waals surface area contributed by atoms with Crippen LogP contribution in [0.25, 0.3) is 20.2 Å². The summed E-state index contributed by atoms with van der Waals surface area (Å²) in [5, 5.41) is 21.1. The Kier molecular flexibility index (Phi) is 8.98. The van der Waals surface area contributed by atoms with Gasteiger partial charge >= 0.3 is 11.9 Å². The predicted molar refractivity (Wildman–Crippen MR) is 197 cm³/mol. The average molecular weight is 719 g/mol. The first-order chi connectivity index (χ1) is 23.1. The summed E-state index contributed by atoms with van der Waals surface area (Å²) in [6.07, 6.45) is 11.1. The third-order valence-electron chi connectivity index (χ3n) is 9.43. The molecule has 0 unspecified atom stereocenters. The molecular weight excluding hydrogens is 681 g/mol. The van der Waals surface area contributed by atoms with Crippen LogP contribution in [0.1, 0.15) is 77.9 Å². The molecule has 0 fully saturated rings. The van der Waals surface area contributed by atoms with E-state index in [9.17, 15) is 32.8 Å². The Morgan fingerprint density at radius 1 is 0.898 bits per heavy atom. The smallest absolute Gasteiger partial charge is 0.345 e. The number of carboxylic acids is 2. The van der Waals surface area contributed by atoms with E-state index in [0.717, 1.165) is 67.0 Å². The van der Waals surface area contributed by atoms with Crippen molar-refractivity contribution >= 4 is 82.0 Å². The normalized spacial score (nSPS) is 17.8. The lowest BCUT2D eigenvalue weighted by Gasteiger charge is -2.27. The molecule has 2 aliphatic rings. The topological polar surface area (TPSA) is 138 Å². The summed E-state index contributed by atoms with van der Waals surface area (Å²) in [5.74, 6) is -2.38. The van der Waals surface area contributed by atoms with E-state index < -0.39 is 33.2 Å². The number of anilines is 1. The number of fused-ring (bicyclic) bond motifs is 6. The molecule has 0 bridgehead atoms. The molecule has 6 rings (SSSR count). The lowest BCUT2D eigenvalue weighted by Crippen LogP contribution is -2.28. The van der Waals surface area contributed by atoms with E-state index in [4.69, 9.17) is 0 Å². The summed E-state index contributed by atoms with van der Waals surface area (Å²) in [5.41, 5.74) is 5.15. The zero-order valence-electron chi connectivity index (χ0n) is 27.9. The van der Waals surface area contributed by atoms with Crippen molar-refractivity contribution in [2.75, 3.05) is 23.7 Å². The monoisotopic (exact) mass is 718 g/mol. The van der Waals surface area contributed by atoms with E-state index in [0.29, 0.717) is 11.4 Å². The van der Waals surface area contributed by atoms with Gasteiger partial charge in [0.25, 0.3) is 0 Å². The van der Waals surface area contributed by atoms with Crippen molar-refractivity contribution in [1.29, 1.82) is 0 Å². The third-order valence-corrected chi connectivity index (χ3v) is 12.4. The van der Waals surface area contributed by atoms with Crippen LogP contribution in [0.5, 0.6) is 0 Å². The fourth-order valence-electron chi connectivity index (χ4n) is 7.42. The number of aromatic carboxylic acids is 2. The Balaban J connectivity index is 1.36. The fraction of sp³-hybridized carbons (Fsp3) is 0.324. The van der Waals surface area contributed by atoms with Crippen molar-refractivity contribution in [3.8, 4) is 0 Å². The van der Waals surface area contributed by atoms with Gasteiger partial charge in [-0.15, -0.1) is 22.7 Å². The van der Waals surface area contributed by atoms with Gasteiger partial charge in [-0.1, -0.05) is 39.0 Å². The maximum absolute atomic E-state index is 11.8. The maximum Gasteiger partial charge on any atom is 0.345 e. The number of rotatable bonds is 11. The minimum absolute atomic E-state index is 0.150. The van der Waals surface area contributed by atoms with Gasteiger partial charge in [0.15, 0.2) is 5.71 Å². The lowest BCUT2D eigenvalue weighted by molar-refractivity contribution is -0.437. The number of hydrogen-bond donors (Lipinski definition) is 2. The molecule has 256 valence electrons. The lowest BCUT2D eigenvalue weighted by atomic mass is 9.80. The summed E-state index contributed by atoms with van der Waals surface area (Å²) >= 11 is 2.51. The first-order valence-electron chi connectivity index (χ1n) is 16.1. The molecule has 0 saturated heterocycles. The molecule has 0 radical (unpaired) electrons. The van der Waals surface area contributed by atoms with Crippen LogP contribution in [0.3, 0.4) is 0 Å². The van der Waals surface area contributed by atoms with Gasteiger partial charge in [-0.05, 0) is 67.6 Å². The molecule has 4 aromatic rings. The first kappa shape index (κ1) is 34.8. The van der Waals surface area contributed by atoms with Crippen molar-refractivity contribution in [1.82, 2.24) is 0 Å². The molecule has 0 aliphatic carbocycles. The largest absolute Gasteiger partial charge is 0.748 e. The van der Waals surface area contributed by atoms with Gasteiger partial charge < -0.3 is 19.7 Å². The number of thiophene rings is 2. The maximum atomic E-state index is 11.8. The number of carbonyl (C=O) groups is 2. The minimum Gasteiger partial charge on any atom is -0.748 e. The van der Waals surface area contributed by atoms with Crippen LogP contribution in [0, 0.1) is 0 Å². The van der Waals surface area contributed by atoms with Gasteiger partial charge in [0.05, 0.1) is 15.5 Å². The van der Waals surface area contributed by atoms with Crippen LogP contribution in [-0.4, -0.2) is 64.3 Å². The zero-order valence-corrected chi connectivity index (χ0v) is 30.4. The van der Waals surface area contributed by atoms with Crippen molar-refractivity contribution in [2.24, 2.45) is 0 Å². The van der Waals surface area contributed by atoms with Crippen LogP contribution < -0.4 is 4.90 Å². The summed E-state index contributed by atoms with van der Waals surface area (Å²) in [4.78, 5) is 26.2. The van der Waals surface area contributed by atoms with E-state index in [-0.39, 0.29) is 16.7 Å². The van der Waals surface area contributed by atoms with Crippen LogP contribution in [0.4, 0.5) is 11.4 Å². The Morgan fingerprint density at radius 2 is 1.51 bits per heavy atom. The van der Waals surface area contributed by atoms with Crippen molar-refractivity contribution in [3.05, 3.63) is 93.4 Å². The highest BCUT2D eigenvalue weighted by atomic mass is 32.2. The summed E-state index contributed by atoms with van der Waals surface area (Å²) in [6.45, 7) is 11.7. The highest BCUT2D eigenvalue weighted by molar-refractivity contribution is 7.85. The summed E-state index contributed by atoms with van der Waals surface area (Å²) in [7, 11) is -4.38. The Hall–Kier alpha value is -4.10. The molecule has 0 atom stereocenters. The Morgan fingerprint density at radius 3 is 2.10 bits per heavy atom. The number of allylic oxidation sites excluding steroid dienone is 6. The molecule has 0 saturated carbocycles. The number of benzene rings is 2. The first-order valence-corrected chi connectivity index (χ1v) is 19.3. The minimum atomic E-state index is -4.38. The second-order valence-corrected chi connectivity index (χ2v) is 17.1. The highest BCUT2D eigenvalue weighted by Crippen LogP contribution is 2.52.